The smallest absolute Gasteiger partial charge is 0.126 e. The van der Waals surface area contributed by atoms with Crippen molar-refractivity contribution in [3.05, 3.63) is 71.0 Å². The van der Waals surface area contributed by atoms with E-state index >= 15 is 0 Å². The van der Waals surface area contributed by atoms with Gasteiger partial charge in [0, 0.05) is 18.7 Å². The van der Waals surface area contributed by atoms with Crippen molar-refractivity contribution in [3.63, 3.8) is 0 Å². The summed E-state index contributed by atoms with van der Waals surface area (Å²) in [6, 6.07) is 9.50. The van der Waals surface area contributed by atoms with Gasteiger partial charge in [0.25, 0.3) is 0 Å². The predicted octanol–water partition coefficient (Wildman–Crippen LogP) is 3.95. The second-order valence-corrected chi connectivity index (χ2v) is 4.44. The first-order valence-electron chi connectivity index (χ1n) is 5.98. The number of hydrogen-bond donors (Lipinski definition) is 1. The van der Waals surface area contributed by atoms with Gasteiger partial charge in [0.05, 0.1) is 0 Å². The Morgan fingerprint density at radius 1 is 0.947 bits per heavy atom. The molecular formula is C15H14F3N. The van der Waals surface area contributed by atoms with Crippen LogP contribution in [0.25, 0.3) is 0 Å². The SMILES string of the molecule is C[C@H](NCc1cc(F)cc(F)c1)c1cccc(F)c1. The van der Waals surface area contributed by atoms with Gasteiger partial charge in [0.1, 0.15) is 17.5 Å². The molecule has 19 heavy (non-hydrogen) atoms. The van der Waals surface area contributed by atoms with Crippen molar-refractivity contribution >= 4 is 0 Å². The topological polar surface area (TPSA) is 12.0 Å². The largest absolute Gasteiger partial charge is 0.306 e. The van der Waals surface area contributed by atoms with E-state index in [0.29, 0.717) is 12.1 Å². The minimum Gasteiger partial charge on any atom is -0.306 e. The highest BCUT2D eigenvalue weighted by atomic mass is 19.1. The van der Waals surface area contributed by atoms with Gasteiger partial charge in [0.2, 0.25) is 0 Å². The number of nitrogens with one attached hydrogen (secondary N) is 1. The Morgan fingerprint density at radius 2 is 1.63 bits per heavy atom. The molecular weight excluding hydrogens is 251 g/mol. The van der Waals surface area contributed by atoms with Crippen LogP contribution < -0.4 is 5.32 Å². The molecule has 0 aliphatic rings. The van der Waals surface area contributed by atoms with Crippen LogP contribution in [0.1, 0.15) is 24.1 Å². The van der Waals surface area contributed by atoms with Crippen LogP contribution in [0.4, 0.5) is 13.2 Å². The zero-order valence-corrected chi connectivity index (χ0v) is 10.5. The Labute approximate surface area is 110 Å². The molecule has 0 radical (unpaired) electrons. The average Bonchev–Trinajstić information content (AvgIpc) is 2.35. The van der Waals surface area contributed by atoms with Gasteiger partial charge in [-0.2, -0.15) is 0 Å². The van der Waals surface area contributed by atoms with Crippen molar-refractivity contribution in [1.82, 2.24) is 5.32 Å². The summed E-state index contributed by atoms with van der Waals surface area (Å²) < 4.78 is 39.1. The predicted molar refractivity (Wildman–Crippen MR) is 68.0 cm³/mol. The molecule has 100 valence electrons. The van der Waals surface area contributed by atoms with Gasteiger partial charge in [-0.15, -0.1) is 0 Å². The summed E-state index contributed by atoms with van der Waals surface area (Å²) in [4.78, 5) is 0. The lowest BCUT2D eigenvalue weighted by Crippen LogP contribution is -2.18. The number of hydrogen-bond acceptors (Lipinski definition) is 1. The Bertz CT molecular complexity index is 549. The second-order valence-electron chi connectivity index (χ2n) is 4.44. The van der Waals surface area contributed by atoms with Gasteiger partial charge < -0.3 is 5.32 Å². The van der Waals surface area contributed by atoms with E-state index in [1.807, 2.05) is 6.92 Å². The first kappa shape index (κ1) is 13.6. The lowest BCUT2D eigenvalue weighted by Gasteiger charge is -2.14. The van der Waals surface area contributed by atoms with Crippen LogP contribution in [0.15, 0.2) is 42.5 Å². The molecule has 4 heteroatoms. The van der Waals surface area contributed by atoms with E-state index in [9.17, 15) is 13.2 Å². The minimum atomic E-state index is -0.602. The average molecular weight is 265 g/mol. The van der Waals surface area contributed by atoms with Crippen LogP contribution in [0.5, 0.6) is 0 Å². The lowest BCUT2D eigenvalue weighted by atomic mass is 10.1. The summed E-state index contributed by atoms with van der Waals surface area (Å²) in [6.07, 6.45) is 0. The molecule has 0 unspecified atom stereocenters. The van der Waals surface area contributed by atoms with Crippen LogP contribution in [-0.4, -0.2) is 0 Å². The minimum absolute atomic E-state index is 0.109. The molecule has 0 spiro atoms. The van der Waals surface area contributed by atoms with Gasteiger partial charge in [-0.1, -0.05) is 12.1 Å². The Morgan fingerprint density at radius 3 is 2.26 bits per heavy atom. The Balaban J connectivity index is 2.02. The molecule has 0 saturated heterocycles. The van der Waals surface area contributed by atoms with E-state index in [2.05, 4.69) is 5.32 Å². The highest BCUT2D eigenvalue weighted by Crippen LogP contribution is 2.15. The number of rotatable bonds is 4. The molecule has 1 N–H and O–H groups in total. The summed E-state index contributed by atoms with van der Waals surface area (Å²) in [5.41, 5.74) is 1.30. The van der Waals surface area contributed by atoms with Crippen LogP contribution >= 0.6 is 0 Å². The van der Waals surface area contributed by atoms with E-state index in [-0.39, 0.29) is 11.9 Å². The highest BCUT2D eigenvalue weighted by molar-refractivity contribution is 5.21. The molecule has 1 nitrogen and oxygen atoms in total. The van der Waals surface area contributed by atoms with E-state index in [0.717, 1.165) is 11.6 Å². The quantitative estimate of drug-likeness (QED) is 0.882. The molecule has 0 bridgehead atoms. The van der Waals surface area contributed by atoms with Crippen molar-refractivity contribution in [2.75, 3.05) is 0 Å². The Kier molecular flexibility index (Phi) is 4.22. The summed E-state index contributed by atoms with van der Waals surface area (Å²) in [5.74, 6) is -1.51. The van der Waals surface area contributed by atoms with Crippen LogP contribution in [-0.2, 0) is 6.54 Å². The monoisotopic (exact) mass is 265 g/mol. The number of benzene rings is 2. The maximum atomic E-state index is 13.1. The molecule has 0 fully saturated rings. The third-order valence-corrected chi connectivity index (χ3v) is 2.88. The molecule has 0 aliphatic heterocycles. The van der Waals surface area contributed by atoms with E-state index in [1.165, 1.54) is 24.3 Å². The molecule has 0 aliphatic carbocycles. The van der Waals surface area contributed by atoms with Crippen molar-refractivity contribution in [2.45, 2.75) is 19.5 Å². The summed E-state index contributed by atoms with van der Waals surface area (Å²) in [5, 5.41) is 3.10. The first-order chi connectivity index (χ1) is 9.04. The standard InChI is InChI=1S/C15H14F3N/c1-10(12-3-2-4-13(16)7-12)19-9-11-5-14(17)8-15(18)6-11/h2-8,10,19H,9H2,1H3/t10-/m0/s1. The third kappa shape index (κ3) is 3.83. The van der Waals surface area contributed by atoms with Crippen LogP contribution in [0.3, 0.4) is 0 Å². The van der Waals surface area contributed by atoms with Gasteiger partial charge in [-0.05, 0) is 42.3 Å². The number of halogens is 3. The van der Waals surface area contributed by atoms with Crippen LogP contribution in [0, 0.1) is 17.5 Å². The highest BCUT2D eigenvalue weighted by Gasteiger charge is 2.07. The third-order valence-electron chi connectivity index (χ3n) is 2.88. The normalized spacial score (nSPS) is 12.4. The van der Waals surface area contributed by atoms with E-state index in [1.54, 1.807) is 12.1 Å². The fraction of sp³-hybridized carbons (Fsp3) is 0.200. The lowest BCUT2D eigenvalue weighted by molar-refractivity contribution is 0.550. The Hall–Kier alpha value is -1.81. The summed E-state index contributed by atoms with van der Waals surface area (Å²) in [7, 11) is 0. The maximum Gasteiger partial charge on any atom is 0.126 e. The second kappa shape index (κ2) is 5.89. The molecule has 2 aromatic carbocycles. The van der Waals surface area contributed by atoms with Crippen molar-refractivity contribution in [1.29, 1.82) is 0 Å². The van der Waals surface area contributed by atoms with Crippen molar-refractivity contribution < 1.29 is 13.2 Å². The van der Waals surface area contributed by atoms with Crippen molar-refractivity contribution in [3.8, 4) is 0 Å². The summed E-state index contributed by atoms with van der Waals surface area (Å²) in [6.45, 7) is 2.18. The van der Waals surface area contributed by atoms with Gasteiger partial charge in [-0.25, -0.2) is 13.2 Å². The summed E-state index contributed by atoms with van der Waals surface area (Å²) >= 11 is 0. The first-order valence-corrected chi connectivity index (χ1v) is 5.98. The fourth-order valence-electron chi connectivity index (χ4n) is 1.88. The molecule has 2 aromatic rings. The van der Waals surface area contributed by atoms with E-state index in [4.69, 9.17) is 0 Å². The van der Waals surface area contributed by atoms with Crippen molar-refractivity contribution in [2.24, 2.45) is 0 Å². The molecule has 0 amide bonds. The van der Waals surface area contributed by atoms with Crippen LogP contribution in [0.2, 0.25) is 0 Å². The fourth-order valence-corrected chi connectivity index (χ4v) is 1.88. The molecule has 2 rings (SSSR count). The maximum absolute atomic E-state index is 13.1. The van der Waals surface area contributed by atoms with Gasteiger partial charge in [-0.3, -0.25) is 0 Å². The zero-order valence-electron chi connectivity index (χ0n) is 10.5. The molecule has 0 saturated carbocycles. The molecule has 0 aromatic heterocycles. The zero-order chi connectivity index (χ0) is 13.8. The van der Waals surface area contributed by atoms with E-state index < -0.39 is 11.6 Å². The molecule has 1 atom stereocenters. The van der Waals surface area contributed by atoms with Gasteiger partial charge >= 0.3 is 0 Å². The molecule has 0 heterocycles. The van der Waals surface area contributed by atoms with Gasteiger partial charge in [0.15, 0.2) is 0 Å².